The Morgan fingerprint density at radius 3 is 0.947 bits per heavy atom. The molecular formula is C33H32Cl2P2Ru+2. The first-order valence-corrected chi connectivity index (χ1v) is 21.4. The number of hydrogen-bond donors (Lipinski definition) is 0. The van der Waals surface area contributed by atoms with Crippen molar-refractivity contribution in [3.8, 4) is 0 Å². The molecule has 0 unspecified atom stereocenters. The molecule has 0 bridgehead atoms. The maximum Gasteiger partial charge on any atom is 0.101 e. The minimum absolute atomic E-state index is 0.783. The molecule has 0 fully saturated rings. The second kappa shape index (κ2) is 16.2. The van der Waals surface area contributed by atoms with Gasteiger partial charge in [-0.1, -0.05) is 72.8 Å². The molecule has 0 radical (unpaired) electrons. The molecule has 0 aliphatic rings. The van der Waals surface area contributed by atoms with Gasteiger partial charge in [0.25, 0.3) is 0 Å². The normalized spacial score (nSPS) is 11.0. The fraction of sp³-hybridized carbons (Fsp3) is 0.0606. The van der Waals surface area contributed by atoms with Gasteiger partial charge in [0.1, 0.15) is 12.3 Å². The van der Waals surface area contributed by atoms with Crippen molar-refractivity contribution in [3.63, 3.8) is 0 Å². The van der Waals surface area contributed by atoms with Crippen molar-refractivity contribution in [1.29, 1.82) is 0 Å². The Balaban J connectivity index is 0.000000283. The summed E-state index contributed by atoms with van der Waals surface area (Å²) in [5.41, 5.74) is 1.12. The predicted octanol–water partition coefficient (Wildman–Crippen LogP) is 7.48. The van der Waals surface area contributed by atoms with E-state index in [0.717, 1.165) is 5.56 Å². The molecule has 0 saturated heterocycles. The fourth-order valence-corrected chi connectivity index (χ4v) is 12.4. The van der Waals surface area contributed by atoms with Gasteiger partial charge in [-0.2, -0.15) is 0 Å². The molecule has 0 spiro atoms. The van der Waals surface area contributed by atoms with Gasteiger partial charge in [0.05, 0.1) is 37.1 Å². The first-order chi connectivity index (χ1) is 18.7. The standard InChI is InChI=1S/C26H24P2.C7H6.2ClH.Ru/c1-5-13-23(14-6-1)27(24-15-7-2-8-16-24)21-22-28(25-17-9-3-10-18-25)26-19-11-4-12-20-26;1-7-5-3-2-4-6-7;;;/h1-20H,21-22H2;1-6H;2*1H;/q;;;;+2. The van der Waals surface area contributed by atoms with Gasteiger partial charge in [0.15, 0.2) is 0 Å². The van der Waals surface area contributed by atoms with E-state index in [4.69, 9.17) is 19.4 Å². The van der Waals surface area contributed by atoms with Crippen LogP contribution in [0.25, 0.3) is 0 Å². The van der Waals surface area contributed by atoms with Crippen LogP contribution < -0.4 is 21.2 Å². The molecular weight excluding hydrogens is 630 g/mol. The molecule has 5 aromatic carbocycles. The van der Waals surface area contributed by atoms with E-state index in [1.807, 2.05) is 34.9 Å². The van der Waals surface area contributed by atoms with E-state index in [0.29, 0.717) is 0 Å². The van der Waals surface area contributed by atoms with E-state index >= 15 is 0 Å². The van der Waals surface area contributed by atoms with Crippen LogP contribution in [0.15, 0.2) is 152 Å². The van der Waals surface area contributed by atoms with E-state index in [1.54, 1.807) is 0 Å². The van der Waals surface area contributed by atoms with Gasteiger partial charge in [-0.05, 0) is 48.5 Å². The molecule has 0 atom stereocenters. The monoisotopic (exact) mass is 662 g/mol. The Bertz CT molecular complexity index is 1200. The summed E-state index contributed by atoms with van der Waals surface area (Å²) >= 11 is -1.61. The summed E-state index contributed by atoms with van der Waals surface area (Å²) in [4.78, 5) is 0. The van der Waals surface area contributed by atoms with Gasteiger partial charge in [0, 0.05) is 0 Å². The van der Waals surface area contributed by atoms with Crippen LogP contribution in [0, 0.1) is 0 Å². The minimum atomic E-state index is -1.61. The van der Waals surface area contributed by atoms with Crippen molar-refractivity contribution >= 4 is 61.1 Å². The molecule has 0 aliphatic heterocycles. The smallest absolute Gasteiger partial charge is 0.0620 e. The summed E-state index contributed by atoms with van der Waals surface area (Å²) < 4.78 is 1.92. The van der Waals surface area contributed by atoms with E-state index in [1.165, 1.54) is 33.5 Å². The summed E-state index contributed by atoms with van der Waals surface area (Å²) in [5.74, 6) is 0. The summed E-state index contributed by atoms with van der Waals surface area (Å²) in [6, 6.07) is 54.4. The van der Waals surface area contributed by atoms with Crippen molar-refractivity contribution in [2.45, 2.75) is 0 Å². The van der Waals surface area contributed by atoms with E-state index in [-0.39, 0.29) is 0 Å². The fourth-order valence-electron chi connectivity index (χ4n) is 4.33. The maximum absolute atomic E-state index is 5.67. The molecule has 0 N–H and O–H groups in total. The largest absolute Gasteiger partial charge is 0.101 e. The van der Waals surface area contributed by atoms with Crippen LogP contribution in [0.3, 0.4) is 0 Å². The first-order valence-electron chi connectivity index (χ1n) is 12.5. The van der Waals surface area contributed by atoms with Crippen LogP contribution >= 0.6 is 35.2 Å². The van der Waals surface area contributed by atoms with Gasteiger partial charge in [-0.25, -0.2) is 0 Å². The zero-order valence-corrected chi connectivity index (χ0v) is 26.3. The van der Waals surface area contributed by atoms with Crippen LogP contribution in [-0.4, -0.2) is 16.9 Å². The number of hydrogen-bond acceptors (Lipinski definition) is 0. The Morgan fingerprint density at radius 1 is 0.421 bits per heavy atom. The van der Waals surface area contributed by atoms with Gasteiger partial charge < -0.3 is 0 Å². The van der Waals surface area contributed by atoms with Crippen LogP contribution in [0.2, 0.25) is 0 Å². The second-order valence-electron chi connectivity index (χ2n) is 8.64. The predicted molar refractivity (Wildman–Crippen MR) is 174 cm³/mol. The second-order valence-corrected chi connectivity index (χ2v) is 19.6. The quantitative estimate of drug-likeness (QED) is 0.120. The van der Waals surface area contributed by atoms with Crippen LogP contribution in [0.5, 0.6) is 0 Å². The summed E-state index contributed by atoms with van der Waals surface area (Å²) in [7, 11) is 9.76. The van der Waals surface area contributed by atoms with Gasteiger partial charge in [0.2, 0.25) is 0 Å². The van der Waals surface area contributed by atoms with Crippen molar-refractivity contribution in [2.75, 3.05) is 12.3 Å². The molecule has 5 rings (SSSR count). The summed E-state index contributed by atoms with van der Waals surface area (Å²) in [5, 5.41) is 6.06. The Morgan fingerprint density at radius 2 is 0.684 bits per heavy atom. The van der Waals surface area contributed by atoms with Crippen molar-refractivity contribution in [2.24, 2.45) is 0 Å². The topological polar surface area (TPSA) is 0 Å². The van der Waals surface area contributed by atoms with Crippen LogP contribution in [-0.2, 0) is 13.5 Å². The van der Waals surface area contributed by atoms with E-state index < -0.39 is 29.4 Å². The van der Waals surface area contributed by atoms with Gasteiger partial charge in [-0.3, -0.25) is 0 Å². The number of benzene rings is 5. The van der Waals surface area contributed by atoms with E-state index in [9.17, 15) is 0 Å². The third-order valence-electron chi connectivity index (χ3n) is 6.11. The van der Waals surface area contributed by atoms with Crippen molar-refractivity contribution < 1.29 is 13.5 Å². The first kappa shape index (κ1) is 29.0. The number of halogens is 2. The van der Waals surface area contributed by atoms with Gasteiger partial charge >= 0.3 is 73.4 Å². The van der Waals surface area contributed by atoms with Crippen LogP contribution in [0.1, 0.15) is 5.56 Å². The third-order valence-corrected chi connectivity index (χ3v) is 14.1. The number of rotatable bonds is 8. The minimum Gasteiger partial charge on any atom is -0.0620 e. The molecule has 5 heteroatoms. The molecule has 0 saturated carbocycles. The third kappa shape index (κ3) is 9.35. The molecule has 38 heavy (non-hydrogen) atoms. The summed E-state index contributed by atoms with van der Waals surface area (Å²) in [6.45, 7) is 0. The molecule has 0 heterocycles. The molecule has 194 valence electrons. The van der Waals surface area contributed by atoms with Crippen LogP contribution in [0.4, 0.5) is 0 Å². The van der Waals surface area contributed by atoms with Crippen molar-refractivity contribution in [1.82, 2.24) is 0 Å². The average molecular weight is 663 g/mol. The molecule has 0 amide bonds. The Kier molecular flexibility index (Phi) is 12.4. The molecule has 0 nitrogen and oxygen atoms in total. The van der Waals surface area contributed by atoms with Gasteiger partial charge in [-0.15, -0.1) is 0 Å². The zero-order valence-electron chi connectivity index (χ0n) is 21.0. The molecule has 0 aromatic heterocycles. The SMILES string of the molecule is [Cl][Ru]([Cl])=[CH]c1ccccc1.c1ccc([PH+](CC[PH+](c2ccccc2)c2ccccc2)c2ccccc2)cc1. The maximum atomic E-state index is 5.67. The Labute approximate surface area is 242 Å². The Hall–Kier alpha value is -1.97. The van der Waals surface area contributed by atoms with E-state index in [2.05, 4.69) is 121 Å². The van der Waals surface area contributed by atoms with Crippen molar-refractivity contribution in [3.05, 3.63) is 157 Å². The summed E-state index contributed by atoms with van der Waals surface area (Å²) in [6.07, 6.45) is 2.52. The molecule has 5 aromatic rings. The zero-order chi connectivity index (χ0) is 26.4. The average Bonchev–Trinajstić information content (AvgIpc) is 2.98. The molecule has 0 aliphatic carbocycles.